The molecule has 2 atom stereocenters. The number of likely N-dealkylation sites (N-methyl/N-ethyl adjacent to an activating group) is 1. The van der Waals surface area contributed by atoms with Crippen LogP contribution in [0.25, 0.3) is 0 Å². The van der Waals surface area contributed by atoms with Crippen molar-refractivity contribution < 1.29 is 9.18 Å². The molecule has 1 aromatic rings. The highest BCUT2D eigenvalue weighted by Crippen LogP contribution is 2.23. The summed E-state index contributed by atoms with van der Waals surface area (Å²) in [5.41, 5.74) is 0.592. The van der Waals surface area contributed by atoms with E-state index < -0.39 is 11.7 Å². The van der Waals surface area contributed by atoms with Gasteiger partial charge in [-0.3, -0.25) is 9.69 Å². The summed E-state index contributed by atoms with van der Waals surface area (Å²) < 4.78 is 13.3. The molecule has 0 radical (unpaired) electrons. The molecule has 0 aliphatic carbocycles. The van der Waals surface area contributed by atoms with Crippen molar-refractivity contribution in [2.75, 3.05) is 13.6 Å². The lowest BCUT2D eigenvalue weighted by molar-refractivity contribution is -0.126. The van der Waals surface area contributed by atoms with Gasteiger partial charge in [0.2, 0.25) is 5.91 Å². The fourth-order valence-corrected chi connectivity index (χ4v) is 2.56. The number of nitrogens with zero attached hydrogens (tertiary/aromatic N) is 1. The fourth-order valence-electron chi connectivity index (χ4n) is 2.56. The lowest BCUT2D eigenvalue weighted by Crippen LogP contribution is -2.49. The summed E-state index contributed by atoms with van der Waals surface area (Å²) in [6.07, 6.45) is -0.617. The number of carbonyl (C=O) groups is 1. The predicted octanol–water partition coefficient (Wildman–Crippen LogP) is 2.08. The summed E-state index contributed by atoms with van der Waals surface area (Å²) in [7, 11) is 1.79. The third kappa shape index (κ3) is 3.13. The maximum atomic E-state index is 13.3. The monoisotopic (exact) mass is 264 g/mol. The zero-order chi connectivity index (χ0) is 14.0. The second-order valence-electron chi connectivity index (χ2n) is 5.77. The van der Waals surface area contributed by atoms with Gasteiger partial charge in [-0.25, -0.2) is 4.39 Å². The number of hydrogen-bond acceptors (Lipinski definition) is 2. The second kappa shape index (κ2) is 5.29. The summed E-state index contributed by atoms with van der Waals surface area (Å²) in [6, 6.07) is 9.44. The summed E-state index contributed by atoms with van der Waals surface area (Å²) >= 11 is 0. The summed E-state index contributed by atoms with van der Waals surface area (Å²) in [5.74, 6) is -0.100. The molecule has 1 saturated heterocycles. The van der Waals surface area contributed by atoms with Crippen LogP contribution in [0.3, 0.4) is 0 Å². The first-order valence-electron chi connectivity index (χ1n) is 6.62. The van der Waals surface area contributed by atoms with E-state index in [0.717, 1.165) is 5.56 Å². The van der Waals surface area contributed by atoms with Crippen LogP contribution in [0.1, 0.15) is 25.8 Å². The van der Waals surface area contributed by atoms with Crippen LogP contribution in [0, 0.1) is 0 Å². The minimum atomic E-state index is -0.902. The predicted molar refractivity (Wildman–Crippen MR) is 73.5 cm³/mol. The maximum Gasteiger partial charge on any atom is 0.238 e. The Morgan fingerprint density at radius 3 is 2.53 bits per heavy atom. The molecular weight excluding hydrogens is 243 g/mol. The van der Waals surface area contributed by atoms with Crippen molar-refractivity contribution in [3.05, 3.63) is 35.9 Å². The van der Waals surface area contributed by atoms with E-state index in [2.05, 4.69) is 5.32 Å². The molecular formula is C15H21FN2O. The van der Waals surface area contributed by atoms with Crippen LogP contribution in [0.2, 0.25) is 0 Å². The highest BCUT2D eigenvalue weighted by atomic mass is 19.1. The number of rotatable bonds is 3. The Balaban J connectivity index is 2.06. The first-order chi connectivity index (χ1) is 8.90. The van der Waals surface area contributed by atoms with Gasteiger partial charge in [-0.05, 0) is 26.5 Å². The van der Waals surface area contributed by atoms with E-state index in [1.165, 1.54) is 0 Å². The van der Waals surface area contributed by atoms with Gasteiger partial charge in [0.15, 0.2) is 0 Å². The van der Waals surface area contributed by atoms with E-state index in [4.69, 9.17) is 0 Å². The summed E-state index contributed by atoms with van der Waals surface area (Å²) in [6.45, 7) is 4.26. The van der Waals surface area contributed by atoms with Crippen LogP contribution < -0.4 is 5.32 Å². The molecule has 1 heterocycles. The maximum absolute atomic E-state index is 13.3. The lowest BCUT2D eigenvalue weighted by atomic mass is 9.94. The average Bonchev–Trinajstić information content (AvgIpc) is 2.69. The Labute approximate surface area is 113 Å². The number of nitrogens with one attached hydrogen (secondary N) is 1. The van der Waals surface area contributed by atoms with Crippen LogP contribution in [-0.4, -0.2) is 36.6 Å². The largest absolute Gasteiger partial charge is 0.346 e. The van der Waals surface area contributed by atoms with E-state index in [9.17, 15) is 9.18 Å². The van der Waals surface area contributed by atoms with Gasteiger partial charge in [0, 0.05) is 13.0 Å². The van der Waals surface area contributed by atoms with Gasteiger partial charge in [0.25, 0.3) is 0 Å². The molecule has 1 aliphatic heterocycles. The lowest BCUT2D eigenvalue weighted by Gasteiger charge is -2.30. The van der Waals surface area contributed by atoms with Gasteiger partial charge in [-0.15, -0.1) is 0 Å². The first kappa shape index (κ1) is 14.0. The number of alkyl halides is 1. The fraction of sp³-hybridized carbons (Fsp3) is 0.533. The van der Waals surface area contributed by atoms with Crippen LogP contribution in [-0.2, 0) is 10.3 Å². The summed E-state index contributed by atoms with van der Waals surface area (Å²) in [5, 5.41) is 3.02. The molecule has 1 aliphatic rings. The number of carbonyl (C=O) groups excluding carboxylic acids is 1. The highest BCUT2D eigenvalue weighted by Gasteiger charge is 2.36. The second-order valence-corrected chi connectivity index (χ2v) is 5.77. The van der Waals surface area contributed by atoms with E-state index >= 15 is 0 Å². The Bertz CT molecular complexity index is 447. The molecule has 1 aromatic carbocycles. The van der Waals surface area contributed by atoms with Gasteiger partial charge in [0.05, 0.1) is 11.6 Å². The van der Waals surface area contributed by atoms with Gasteiger partial charge in [-0.1, -0.05) is 30.3 Å². The third-order valence-corrected chi connectivity index (χ3v) is 3.73. The van der Waals surface area contributed by atoms with Gasteiger partial charge in [-0.2, -0.15) is 0 Å². The zero-order valence-corrected chi connectivity index (χ0v) is 11.7. The van der Waals surface area contributed by atoms with Gasteiger partial charge < -0.3 is 5.32 Å². The number of amides is 1. The SMILES string of the molecule is CN1C[C@@H](F)C[C@H]1C(=O)NC(C)(C)c1ccccc1. The van der Waals surface area contributed by atoms with Crippen molar-refractivity contribution in [1.29, 1.82) is 0 Å². The van der Waals surface area contributed by atoms with Gasteiger partial charge >= 0.3 is 0 Å². The van der Waals surface area contributed by atoms with E-state index in [1.807, 2.05) is 44.2 Å². The molecule has 3 nitrogen and oxygen atoms in total. The smallest absolute Gasteiger partial charge is 0.238 e. The van der Waals surface area contributed by atoms with Crippen molar-refractivity contribution in [2.24, 2.45) is 0 Å². The topological polar surface area (TPSA) is 32.3 Å². The molecule has 4 heteroatoms. The molecule has 1 N–H and O–H groups in total. The number of halogens is 1. The van der Waals surface area contributed by atoms with E-state index in [-0.39, 0.29) is 18.4 Å². The quantitative estimate of drug-likeness (QED) is 0.906. The first-order valence-corrected chi connectivity index (χ1v) is 6.62. The number of hydrogen-bond donors (Lipinski definition) is 1. The third-order valence-electron chi connectivity index (χ3n) is 3.73. The van der Waals surface area contributed by atoms with Crippen molar-refractivity contribution in [2.45, 2.75) is 38.0 Å². The molecule has 2 rings (SSSR count). The molecule has 19 heavy (non-hydrogen) atoms. The standard InChI is InChI=1S/C15H21FN2O/c1-15(2,11-7-5-4-6-8-11)17-14(19)13-9-12(16)10-18(13)3/h4-8,12-13H,9-10H2,1-3H3,(H,17,19)/t12-,13-/m0/s1. The van der Waals surface area contributed by atoms with Crippen LogP contribution in [0.15, 0.2) is 30.3 Å². The minimum Gasteiger partial charge on any atom is -0.346 e. The Morgan fingerprint density at radius 1 is 1.37 bits per heavy atom. The molecule has 0 bridgehead atoms. The number of likely N-dealkylation sites (tertiary alicyclic amines) is 1. The zero-order valence-electron chi connectivity index (χ0n) is 11.7. The van der Waals surface area contributed by atoms with E-state index in [1.54, 1.807) is 11.9 Å². The molecule has 0 unspecified atom stereocenters. The molecule has 104 valence electrons. The van der Waals surface area contributed by atoms with Crippen LogP contribution in [0.4, 0.5) is 4.39 Å². The van der Waals surface area contributed by atoms with Gasteiger partial charge in [0.1, 0.15) is 6.17 Å². The molecule has 0 saturated carbocycles. The Hall–Kier alpha value is -1.42. The Morgan fingerprint density at radius 2 is 2.00 bits per heavy atom. The number of benzene rings is 1. The normalized spacial score (nSPS) is 24.4. The molecule has 1 fully saturated rings. The molecule has 0 aromatic heterocycles. The van der Waals surface area contributed by atoms with Crippen molar-refractivity contribution in [3.8, 4) is 0 Å². The Kier molecular flexibility index (Phi) is 3.90. The molecule has 1 amide bonds. The van der Waals surface area contributed by atoms with Crippen LogP contribution >= 0.6 is 0 Å². The van der Waals surface area contributed by atoms with Crippen molar-refractivity contribution in [3.63, 3.8) is 0 Å². The van der Waals surface area contributed by atoms with Crippen molar-refractivity contribution in [1.82, 2.24) is 10.2 Å². The van der Waals surface area contributed by atoms with E-state index in [0.29, 0.717) is 6.54 Å². The highest BCUT2D eigenvalue weighted by molar-refractivity contribution is 5.83. The van der Waals surface area contributed by atoms with Crippen molar-refractivity contribution >= 4 is 5.91 Å². The molecule has 0 spiro atoms. The summed E-state index contributed by atoms with van der Waals surface area (Å²) in [4.78, 5) is 14.0. The minimum absolute atomic E-state index is 0.100. The average molecular weight is 264 g/mol. The van der Waals surface area contributed by atoms with Crippen LogP contribution in [0.5, 0.6) is 0 Å².